The number of esters is 1. The zero-order valence-corrected chi connectivity index (χ0v) is 20.8. The minimum Gasteiger partial charge on any atom is -0.459 e. The lowest BCUT2D eigenvalue weighted by Crippen LogP contribution is -2.76. The summed E-state index contributed by atoms with van der Waals surface area (Å²) < 4.78 is 7.12. The van der Waals surface area contributed by atoms with E-state index >= 15 is 0 Å². The van der Waals surface area contributed by atoms with Crippen LogP contribution in [0.5, 0.6) is 0 Å². The van der Waals surface area contributed by atoms with Crippen LogP contribution >= 0.6 is 58.3 Å². The number of thioether (sulfide) groups is 2. The molecule has 0 aliphatic carbocycles. The lowest BCUT2D eigenvalue weighted by Gasteiger charge is -2.52. The molecule has 2 amide bonds. The number of carbonyl (C=O) groups excluding carboxylic acids is 3. The third-order valence-electron chi connectivity index (χ3n) is 4.88. The number of ether oxygens (including phenoxy) is 2. The molecular formula is C19H21Cl3N2O5S2. The Hall–Kier alpha value is -1.00. The van der Waals surface area contributed by atoms with Gasteiger partial charge in [0.2, 0.25) is 3.79 Å². The Morgan fingerprint density at radius 3 is 2.45 bits per heavy atom. The molecule has 1 aromatic carbocycles. The van der Waals surface area contributed by atoms with Gasteiger partial charge in [0, 0.05) is 4.75 Å². The number of amides is 2. The fraction of sp³-hybridized carbons (Fsp3) is 0.526. The molecule has 2 aliphatic heterocycles. The molecule has 2 aliphatic rings. The summed E-state index contributed by atoms with van der Waals surface area (Å²) in [6.45, 7) is 3.38. The molecule has 0 saturated carbocycles. The summed E-state index contributed by atoms with van der Waals surface area (Å²) in [5, 5.41) is 2.53. The molecule has 3 atom stereocenters. The molecule has 0 radical (unpaired) electrons. The van der Waals surface area contributed by atoms with E-state index in [1.165, 1.54) is 28.4 Å². The van der Waals surface area contributed by atoms with Crippen molar-refractivity contribution in [3.8, 4) is 0 Å². The molecule has 2 fully saturated rings. The molecule has 1 N–H and O–H groups in total. The largest absolute Gasteiger partial charge is 0.459 e. The maximum absolute atomic E-state index is 13.0. The van der Waals surface area contributed by atoms with E-state index in [0.717, 1.165) is 5.56 Å². The summed E-state index contributed by atoms with van der Waals surface area (Å²) in [4.78, 5) is 39.6. The second-order valence-corrected chi connectivity index (χ2v) is 13.2. The van der Waals surface area contributed by atoms with E-state index in [1.807, 2.05) is 50.4 Å². The smallest absolute Gasteiger partial charge is 0.408 e. The molecule has 7 nitrogen and oxygen atoms in total. The monoisotopic (exact) mass is 526 g/mol. The number of fused-ring (bicyclic) bond motifs is 1. The Kier molecular flexibility index (Phi) is 7.23. The molecule has 170 valence electrons. The van der Waals surface area contributed by atoms with Gasteiger partial charge in [-0.25, -0.2) is 9.59 Å². The molecular weight excluding hydrogens is 507 g/mol. The third-order valence-corrected chi connectivity index (χ3v) is 8.45. The fourth-order valence-corrected chi connectivity index (χ4v) is 7.16. The Morgan fingerprint density at radius 1 is 1.23 bits per heavy atom. The SMILES string of the molecule is CSC12SC(C)(C)[C@H](C(=O)OCc3ccccc3)N1C(=O)[C@@H]2NC(=O)OCC(Cl)(Cl)Cl. The van der Waals surface area contributed by atoms with Crippen molar-refractivity contribution in [3.63, 3.8) is 0 Å². The van der Waals surface area contributed by atoms with Crippen LogP contribution in [0.15, 0.2) is 30.3 Å². The van der Waals surface area contributed by atoms with E-state index in [-0.39, 0.29) is 6.61 Å². The number of hydrogen-bond donors (Lipinski definition) is 1. The fourth-order valence-electron chi connectivity index (χ4n) is 3.60. The van der Waals surface area contributed by atoms with Gasteiger partial charge in [-0.15, -0.1) is 23.5 Å². The van der Waals surface area contributed by atoms with E-state index < -0.39 is 49.4 Å². The van der Waals surface area contributed by atoms with Crippen molar-refractivity contribution in [3.05, 3.63) is 35.9 Å². The van der Waals surface area contributed by atoms with Crippen LogP contribution in [0, 0.1) is 0 Å². The standard InChI is InChI=1S/C19H21Cl3N2O5S2/c1-17(2)13(15(26)28-9-11-7-5-4-6-8-11)24-14(25)12(19(24,30-3)31-17)23-16(27)29-10-18(20,21)22/h4-8,12-13H,9-10H2,1-3H3,(H,23,27)/t12-,13-,19?/m0/s1. The van der Waals surface area contributed by atoms with Gasteiger partial charge >= 0.3 is 12.1 Å². The van der Waals surface area contributed by atoms with Gasteiger partial charge in [0.1, 0.15) is 19.3 Å². The van der Waals surface area contributed by atoms with Gasteiger partial charge in [-0.3, -0.25) is 9.69 Å². The van der Waals surface area contributed by atoms with Crippen molar-refractivity contribution in [2.75, 3.05) is 12.9 Å². The first-order chi connectivity index (χ1) is 14.4. The number of rotatable bonds is 6. The van der Waals surface area contributed by atoms with Crippen LogP contribution in [0.25, 0.3) is 0 Å². The lowest BCUT2D eigenvalue weighted by atomic mass is 9.95. The van der Waals surface area contributed by atoms with E-state index in [0.29, 0.717) is 0 Å². The number of alkyl carbamates (subject to hydrolysis) is 1. The van der Waals surface area contributed by atoms with Gasteiger partial charge < -0.3 is 14.8 Å². The van der Waals surface area contributed by atoms with Crippen LogP contribution < -0.4 is 5.32 Å². The van der Waals surface area contributed by atoms with Crippen LogP contribution in [-0.4, -0.2) is 60.6 Å². The van der Waals surface area contributed by atoms with Gasteiger partial charge in [0.25, 0.3) is 5.91 Å². The highest BCUT2D eigenvalue weighted by atomic mass is 35.6. The number of carbonyl (C=O) groups is 3. The number of β-lactam (4-membered cyclic amide) rings is 1. The molecule has 12 heteroatoms. The summed E-state index contributed by atoms with van der Waals surface area (Å²) in [6.07, 6.45) is 0.924. The van der Waals surface area contributed by atoms with Gasteiger partial charge in [-0.2, -0.15) is 0 Å². The second kappa shape index (κ2) is 9.09. The summed E-state index contributed by atoms with van der Waals surface area (Å²) in [5.74, 6) is -0.900. The normalized spacial score (nSPS) is 26.6. The maximum Gasteiger partial charge on any atom is 0.408 e. The van der Waals surface area contributed by atoms with Gasteiger partial charge in [0.05, 0.1) is 0 Å². The topological polar surface area (TPSA) is 84.9 Å². The first-order valence-corrected chi connectivity index (χ1v) is 12.4. The van der Waals surface area contributed by atoms with Crippen LogP contribution in [0.4, 0.5) is 4.79 Å². The van der Waals surface area contributed by atoms with Gasteiger partial charge in [-0.1, -0.05) is 65.1 Å². The molecule has 1 unspecified atom stereocenters. The summed E-state index contributed by atoms with van der Waals surface area (Å²) in [5.41, 5.74) is 0.849. The zero-order chi connectivity index (χ0) is 23.0. The summed E-state index contributed by atoms with van der Waals surface area (Å²) >= 11 is 19.5. The molecule has 0 aromatic heterocycles. The van der Waals surface area contributed by atoms with E-state index in [4.69, 9.17) is 44.3 Å². The Balaban J connectivity index is 1.72. The molecule has 1 aromatic rings. The van der Waals surface area contributed by atoms with E-state index in [9.17, 15) is 14.4 Å². The number of hydrogen-bond acceptors (Lipinski definition) is 7. The maximum atomic E-state index is 13.0. The van der Waals surface area contributed by atoms with Crippen LogP contribution in [0.1, 0.15) is 19.4 Å². The molecule has 2 saturated heterocycles. The second-order valence-electron chi connectivity index (χ2n) is 7.51. The highest BCUT2D eigenvalue weighted by molar-refractivity contribution is 8.19. The van der Waals surface area contributed by atoms with E-state index in [1.54, 1.807) is 0 Å². The van der Waals surface area contributed by atoms with Crippen LogP contribution in [-0.2, 0) is 25.7 Å². The average molecular weight is 528 g/mol. The van der Waals surface area contributed by atoms with Crippen LogP contribution in [0.3, 0.4) is 0 Å². The van der Waals surface area contributed by atoms with Crippen LogP contribution in [0.2, 0.25) is 0 Å². The van der Waals surface area contributed by atoms with Crippen molar-refractivity contribution >= 4 is 76.3 Å². The zero-order valence-electron chi connectivity index (χ0n) is 16.9. The van der Waals surface area contributed by atoms with Crippen molar-refractivity contribution in [1.82, 2.24) is 10.2 Å². The van der Waals surface area contributed by atoms with Gasteiger partial charge in [-0.05, 0) is 25.7 Å². The van der Waals surface area contributed by atoms with Crippen molar-refractivity contribution in [1.29, 1.82) is 0 Å². The predicted octanol–water partition coefficient (Wildman–Crippen LogP) is 3.95. The number of benzene rings is 1. The Bertz CT molecular complexity index is 868. The molecule has 0 bridgehead atoms. The first-order valence-electron chi connectivity index (χ1n) is 9.20. The highest BCUT2D eigenvalue weighted by Gasteiger charge is 2.73. The molecule has 2 heterocycles. The minimum atomic E-state index is -1.76. The van der Waals surface area contributed by atoms with E-state index in [2.05, 4.69) is 5.32 Å². The number of nitrogens with zero attached hydrogens (tertiary/aromatic N) is 1. The Morgan fingerprint density at radius 2 is 1.87 bits per heavy atom. The highest BCUT2D eigenvalue weighted by Crippen LogP contribution is 2.63. The third kappa shape index (κ3) is 5.00. The van der Waals surface area contributed by atoms with Crippen molar-refractivity contribution in [2.45, 2.75) is 45.3 Å². The quantitative estimate of drug-likeness (QED) is 0.341. The molecule has 31 heavy (non-hydrogen) atoms. The van der Waals surface area contributed by atoms with Gasteiger partial charge in [0.15, 0.2) is 10.2 Å². The number of halogens is 3. The summed E-state index contributed by atoms with van der Waals surface area (Å²) in [7, 11) is 0. The number of alkyl halides is 3. The molecule has 3 rings (SSSR count). The van der Waals surface area contributed by atoms with Crippen molar-refractivity contribution < 1.29 is 23.9 Å². The number of nitrogens with one attached hydrogen (secondary N) is 1. The Labute approximate surface area is 203 Å². The van der Waals surface area contributed by atoms with Crippen molar-refractivity contribution in [2.24, 2.45) is 0 Å². The minimum absolute atomic E-state index is 0.107. The summed E-state index contributed by atoms with van der Waals surface area (Å²) in [6, 6.07) is 7.58. The predicted molar refractivity (Wildman–Crippen MR) is 123 cm³/mol. The lowest BCUT2D eigenvalue weighted by molar-refractivity contribution is -0.166. The first kappa shape index (κ1) is 24.6. The molecule has 0 spiro atoms. The average Bonchev–Trinajstić information content (AvgIpc) is 2.93.